The van der Waals surface area contributed by atoms with Crippen LogP contribution in [0, 0.1) is 5.92 Å². The molecule has 96 valence electrons. The predicted octanol–water partition coefficient (Wildman–Crippen LogP) is 5.48. The Balaban J connectivity index is 1.98. The molecule has 0 saturated heterocycles. The number of hydrogen-bond acceptors (Lipinski definition) is 0. The Morgan fingerprint density at radius 1 is 1.28 bits per heavy atom. The third kappa shape index (κ3) is 3.60. The van der Waals surface area contributed by atoms with Crippen molar-refractivity contribution < 1.29 is 0 Å². The summed E-state index contributed by atoms with van der Waals surface area (Å²) in [6.45, 7) is 6.25. The van der Waals surface area contributed by atoms with Crippen LogP contribution in [0.15, 0.2) is 54.6 Å². The fraction of sp³-hybridized carbons (Fsp3) is 0.444. The topological polar surface area (TPSA) is 0 Å². The third-order valence-electron chi connectivity index (χ3n) is 3.96. The lowest BCUT2D eigenvalue weighted by Gasteiger charge is -2.13. The second-order valence-electron chi connectivity index (χ2n) is 5.55. The SMILES string of the molecule is C=C(C)[C@H](/C=C/CC1CCCC1)c1ccccc1. The van der Waals surface area contributed by atoms with E-state index in [2.05, 4.69) is 56.0 Å². The van der Waals surface area contributed by atoms with Crippen LogP contribution in [-0.4, -0.2) is 0 Å². The molecule has 1 atom stereocenters. The van der Waals surface area contributed by atoms with Crippen LogP contribution in [0.2, 0.25) is 0 Å². The molecule has 1 saturated carbocycles. The first kappa shape index (κ1) is 13.1. The first-order chi connectivity index (χ1) is 8.77. The molecule has 2 rings (SSSR count). The molecule has 0 aliphatic heterocycles. The normalized spacial score (nSPS) is 18.3. The molecular weight excluding hydrogens is 216 g/mol. The van der Waals surface area contributed by atoms with Crippen LogP contribution in [0.1, 0.15) is 50.5 Å². The quantitative estimate of drug-likeness (QED) is 0.598. The zero-order valence-corrected chi connectivity index (χ0v) is 11.4. The molecule has 1 fully saturated rings. The summed E-state index contributed by atoms with van der Waals surface area (Å²) in [5.74, 6) is 1.32. The molecule has 0 N–H and O–H groups in total. The van der Waals surface area contributed by atoms with Crippen molar-refractivity contribution in [3.63, 3.8) is 0 Å². The van der Waals surface area contributed by atoms with E-state index in [0.29, 0.717) is 5.92 Å². The van der Waals surface area contributed by atoms with E-state index in [1.165, 1.54) is 43.2 Å². The molecule has 0 bridgehead atoms. The van der Waals surface area contributed by atoms with Gasteiger partial charge in [0.1, 0.15) is 0 Å². The maximum atomic E-state index is 4.13. The van der Waals surface area contributed by atoms with Crippen LogP contribution in [-0.2, 0) is 0 Å². The Hall–Kier alpha value is -1.30. The van der Waals surface area contributed by atoms with Crippen LogP contribution in [0.4, 0.5) is 0 Å². The minimum atomic E-state index is 0.382. The minimum Gasteiger partial charge on any atom is -0.0992 e. The summed E-state index contributed by atoms with van der Waals surface area (Å²) in [7, 11) is 0. The van der Waals surface area contributed by atoms with Crippen LogP contribution in [0.5, 0.6) is 0 Å². The van der Waals surface area contributed by atoms with Gasteiger partial charge in [0.05, 0.1) is 0 Å². The number of benzene rings is 1. The standard InChI is InChI=1S/C18H24/c1-15(2)18(17-12-4-3-5-13-17)14-8-11-16-9-6-7-10-16/h3-5,8,12-14,16,18H,1,6-7,9-11H2,2H3/b14-8+/t18-/m0/s1. The summed E-state index contributed by atoms with van der Waals surface area (Å²) in [4.78, 5) is 0. The molecule has 0 spiro atoms. The molecule has 0 radical (unpaired) electrons. The van der Waals surface area contributed by atoms with Gasteiger partial charge in [0, 0.05) is 5.92 Å². The first-order valence-corrected chi connectivity index (χ1v) is 7.14. The fourth-order valence-corrected chi connectivity index (χ4v) is 2.87. The summed E-state index contributed by atoms with van der Waals surface area (Å²) in [6.07, 6.45) is 11.7. The van der Waals surface area contributed by atoms with E-state index in [1.54, 1.807) is 0 Å². The van der Waals surface area contributed by atoms with Gasteiger partial charge in [0.15, 0.2) is 0 Å². The third-order valence-corrected chi connectivity index (χ3v) is 3.96. The lowest BCUT2D eigenvalue weighted by atomic mass is 9.91. The van der Waals surface area contributed by atoms with Gasteiger partial charge in [-0.2, -0.15) is 0 Å². The molecule has 1 aliphatic carbocycles. The van der Waals surface area contributed by atoms with Gasteiger partial charge in [-0.15, -0.1) is 0 Å². The average molecular weight is 240 g/mol. The van der Waals surface area contributed by atoms with Gasteiger partial charge in [-0.3, -0.25) is 0 Å². The smallest absolute Gasteiger partial charge is 0.0222 e. The van der Waals surface area contributed by atoms with Gasteiger partial charge < -0.3 is 0 Å². The molecule has 0 unspecified atom stereocenters. The highest BCUT2D eigenvalue weighted by Gasteiger charge is 2.13. The number of rotatable bonds is 5. The van der Waals surface area contributed by atoms with Crippen molar-refractivity contribution >= 4 is 0 Å². The van der Waals surface area contributed by atoms with Crippen molar-refractivity contribution in [3.05, 3.63) is 60.2 Å². The Morgan fingerprint density at radius 3 is 2.56 bits per heavy atom. The zero-order chi connectivity index (χ0) is 12.8. The van der Waals surface area contributed by atoms with Crippen LogP contribution in [0.3, 0.4) is 0 Å². The largest absolute Gasteiger partial charge is 0.0992 e. The van der Waals surface area contributed by atoms with Gasteiger partial charge in [0.2, 0.25) is 0 Å². The maximum absolute atomic E-state index is 4.13. The van der Waals surface area contributed by atoms with Crippen LogP contribution in [0.25, 0.3) is 0 Å². The van der Waals surface area contributed by atoms with Gasteiger partial charge in [0.25, 0.3) is 0 Å². The van der Waals surface area contributed by atoms with E-state index in [-0.39, 0.29) is 0 Å². The minimum absolute atomic E-state index is 0.382. The number of allylic oxidation sites excluding steroid dienone is 3. The molecule has 1 aliphatic rings. The lowest BCUT2D eigenvalue weighted by Crippen LogP contribution is -1.96. The van der Waals surface area contributed by atoms with Gasteiger partial charge >= 0.3 is 0 Å². The van der Waals surface area contributed by atoms with E-state index in [0.717, 1.165) is 5.92 Å². The van der Waals surface area contributed by atoms with Gasteiger partial charge in [-0.05, 0) is 24.8 Å². The van der Waals surface area contributed by atoms with Crippen molar-refractivity contribution in [3.8, 4) is 0 Å². The predicted molar refractivity (Wildman–Crippen MR) is 79.7 cm³/mol. The summed E-state index contributed by atoms with van der Waals surface area (Å²) in [5, 5.41) is 0. The monoisotopic (exact) mass is 240 g/mol. The molecule has 0 amide bonds. The summed E-state index contributed by atoms with van der Waals surface area (Å²) >= 11 is 0. The van der Waals surface area contributed by atoms with Crippen molar-refractivity contribution in [2.24, 2.45) is 5.92 Å². The molecule has 0 heteroatoms. The summed E-state index contributed by atoms with van der Waals surface area (Å²) < 4.78 is 0. The zero-order valence-electron chi connectivity index (χ0n) is 11.4. The molecule has 1 aromatic carbocycles. The second-order valence-corrected chi connectivity index (χ2v) is 5.55. The lowest BCUT2D eigenvalue weighted by molar-refractivity contribution is 0.557. The van der Waals surface area contributed by atoms with E-state index in [1.807, 2.05) is 0 Å². The first-order valence-electron chi connectivity index (χ1n) is 7.14. The van der Waals surface area contributed by atoms with E-state index in [4.69, 9.17) is 0 Å². The van der Waals surface area contributed by atoms with E-state index < -0.39 is 0 Å². The van der Waals surface area contributed by atoms with Gasteiger partial charge in [-0.1, -0.05) is 80.3 Å². The molecule has 18 heavy (non-hydrogen) atoms. The number of hydrogen-bond donors (Lipinski definition) is 0. The summed E-state index contributed by atoms with van der Waals surface area (Å²) in [5.41, 5.74) is 2.58. The molecule has 0 heterocycles. The Bertz CT molecular complexity index is 393. The summed E-state index contributed by atoms with van der Waals surface area (Å²) in [6, 6.07) is 10.7. The molecular formula is C18H24. The van der Waals surface area contributed by atoms with Crippen molar-refractivity contribution in [1.29, 1.82) is 0 Å². The highest BCUT2D eigenvalue weighted by molar-refractivity contribution is 5.31. The highest BCUT2D eigenvalue weighted by Crippen LogP contribution is 2.29. The molecule has 0 aromatic heterocycles. The van der Waals surface area contributed by atoms with E-state index in [9.17, 15) is 0 Å². The van der Waals surface area contributed by atoms with Crippen molar-refractivity contribution in [1.82, 2.24) is 0 Å². The Morgan fingerprint density at radius 2 is 1.94 bits per heavy atom. The molecule has 1 aromatic rings. The Kier molecular flexibility index (Phi) is 4.81. The van der Waals surface area contributed by atoms with Crippen molar-refractivity contribution in [2.75, 3.05) is 0 Å². The Labute approximate surface area is 111 Å². The van der Waals surface area contributed by atoms with Crippen LogP contribution >= 0.6 is 0 Å². The van der Waals surface area contributed by atoms with Gasteiger partial charge in [-0.25, -0.2) is 0 Å². The highest BCUT2D eigenvalue weighted by atomic mass is 14.2. The molecule has 0 nitrogen and oxygen atoms in total. The van der Waals surface area contributed by atoms with E-state index >= 15 is 0 Å². The maximum Gasteiger partial charge on any atom is 0.0222 e. The average Bonchev–Trinajstić information content (AvgIpc) is 2.88. The fourth-order valence-electron chi connectivity index (χ4n) is 2.87. The second kappa shape index (κ2) is 6.58. The van der Waals surface area contributed by atoms with Crippen LogP contribution < -0.4 is 0 Å². The van der Waals surface area contributed by atoms with Crippen molar-refractivity contribution in [2.45, 2.75) is 44.9 Å².